The maximum Gasteiger partial charge on any atom is 0.157 e. The fourth-order valence-corrected chi connectivity index (χ4v) is 5.37. The van der Waals surface area contributed by atoms with Crippen LogP contribution >= 0.6 is 0 Å². The Morgan fingerprint density at radius 3 is 2.38 bits per heavy atom. The van der Waals surface area contributed by atoms with Crippen molar-refractivity contribution in [1.29, 1.82) is 0 Å². The minimum Gasteiger partial charge on any atom is -0.507 e. The van der Waals surface area contributed by atoms with Gasteiger partial charge in [-0.05, 0) is 43.4 Å². The van der Waals surface area contributed by atoms with Crippen molar-refractivity contribution in [3.8, 4) is 17.2 Å². The molecule has 3 fully saturated rings. The topological polar surface area (TPSA) is 83.8 Å². The van der Waals surface area contributed by atoms with Crippen LogP contribution in [0.3, 0.4) is 0 Å². The van der Waals surface area contributed by atoms with Crippen LogP contribution in [0.4, 0.5) is 0 Å². The summed E-state index contributed by atoms with van der Waals surface area (Å²) in [5.74, 6) is 0.640. The van der Waals surface area contributed by atoms with Crippen molar-refractivity contribution in [3.63, 3.8) is 0 Å². The number of ether oxygens (including phenoxy) is 1. The van der Waals surface area contributed by atoms with E-state index in [1.165, 1.54) is 0 Å². The summed E-state index contributed by atoms with van der Waals surface area (Å²) in [7, 11) is 0. The van der Waals surface area contributed by atoms with Crippen molar-refractivity contribution in [1.82, 2.24) is 0 Å². The summed E-state index contributed by atoms with van der Waals surface area (Å²) in [6.07, 6.45) is 5.35. The standard InChI is InChI=1S/C19H22O5/c1-18(2)10-3-5-19(14(18)7-10)6-4-11-15(22)12(8-20)16(23)13(9-21)17(11)24-19/h8-10,14,22-23H,3-7H2,1-2H3/t10-,14+,19+/m0/s1. The van der Waals surface area contributed by atoms with E-state index in [1.54, 1.807) is 0 Å². The number of benzene rings is 1. The Morgan fingerprint density at radius 2 is 1.79 bits per heavy atom. The lowest BCUT2D eigenvalue weighted by atomic mass is 9.43. The second-order valence-electron chi connectivity index (χ2n) is 8.08. The molecule has 4 aliphatic rings. The molecule has 1 heterocycles. The molecular weight excluding hydrogens is 308 g/mol. The van der Waals surface area contributed by atoms with Gasteiger partial charge in [0.1, 0.15) is 22.8 Å². The highest BCUT2D eigenvalue weighted by atomic mass is 16.5. The zero-order valence-corrected chi connectivity index (χ0v) is 14.0. The first kappa shape index (κ1) is 15.5. The van der Waals surface area contributed by atoms with E-state index in [2.05, 4.69) is 13.8 Å². The van der Waals surface area contributed by atoms with E-state index in [1.807, 2.05) is 0 Å². The van der Waals surface area contributed by atoms with Gasteiger partial charge in [0.2, 0.25) is 0 Å². The second kappa shape index (κ2) is 4.74. The average molecular weight is 330 g/mol. The number of fused-ring (bicyclic) bond motifs is 2. The summed E-state index contributed by atoms with van der Waals surface area (Å²) in [4.78, 5) is 22.7. The van der Waals surface area contributed by atoms with Crippen LogP contribution in [0, 0.1) is 17.3 Å². The molecule has 5 rings (SSSR count). The molecule has 0 unspecified atom stereocenters. The Bertz CT molecular complexity index is 749. The van der Waals surface area contributed by atoms with E-state index in [4.69, 9.17) is 4.74 Å². The Labute approximate surface area is 140 Å². The molecule has 3 saturated carbocycles. The summed E-state index contributed by atoms with van der Waals surface area (Å²) >= 11 is 0. The highest BCUT2D eigenvalue weighted by molar-refractivity contribution is 5.95. The molecule has 1 aliphatic heterocycles. The Kier molecular flexibility index (Phi) is 3.06. The molecule has 1 aromatic carbocycles. The maximum atomic E-state index is 11.5. The van der Waals surface area contributed by atoms with E-state index in [9.17, 15) is 19.8 Å². The van der Waals surface area contributed by atoms with Crippen molar-refractivity contribution in [2.24, 2.45) is 17.3 Å². The van der Waals surface area contributed by atoms with Crippen LogP contribution in [0.15, 0.2) is 0 Å². The predicted octanol–water partition coefficient (Wildman–Crippen LogP) is 3.24. The smallest absolute Gasteiger partial charge is 0.157 e. The fourth-order valence-electron chi connectivity index (χ4n) is 5.37. The molecule has 5 heteroatoms. The fraction of sp³-hybridized carbons (Fsp3) is 0.579. The number of rotatable bonds is 2. The van der Waals surface area contributed by atoms with Crippen molar-refractivity contribution in [2.75, 3.05) is 0 Å². The van der Waals surface area contributed by atoms with Gasteiger partial charge in [0, 0.05) is 11.5 Å². The Morgan fingerprint density at radius 1 is 1.08 bits per heavy atom. The van der Waals surface area contributed by atoms with Gasteiger partial charge in [0.25, 0.3) is 0 Å². The number of phenols is 2. The number of carbonyl (C=O) groups excluding carboxylic acids is 2. The first-order chi connectivity index (χ1) is 11.4. The molecular formula is C19H22O5. The average Bonchev–Trinajstić information content (AvgIpc) is 2.55. The Balaban J connectivity index is 1.84. The van der Waals surface area contributed by atoms with Crippen LogP contribution < -0.4 is 4.74 Å². The lowest BCUT2D eigenvalue weighted by Crippen LogP contribution is -2.64. The van der Waals surface area contributed by atoms with Gasteiger partial charge in [-0.15, -0.1) is 0 Å². The minimum absolute atomic E-state index is 0.0248. The van der Waals surface area contributed by atoms with Crippen LogP contribution in [0.2, 0.25) is 0 Å². The second-order valence-corrected chi connectivity index (χ2v) is 8.08. The van der Waals surface area contributed by atoms with Crippen molar-refractivity contribution in [2.45, 2.75) is 51.6 Å². The molecule has 24 heavy (non-hydrogen) atoms. The number of carbonyl (C=O) groups is 2. The van der Waals surface area contributed by atoms with Crippen LogP contribution in [-0.4, -0.2) is 28.4 Å². The van der Waals surface area contributed by atoms with Gasteiger partial charge in [0.15, 0.2) is 12.6 Å². The highest BCUT2D eigenvalue weighted by Crippen LogP contribution is 2.66. The molecule has 2 bridgehead atoms. The van der Waals surface area contributed by atoms with Crippen LogP contribution in [0.1, 0.15) is 65.8 Å². The van der Waals surface area contributed by atoms with Gasteiger partial charge in [-0.25, -0.2) is 0 Å². The van der Waals surface area contributed by atoms with Gasteiger partial charge in [0.05, 0.1) is 11.1 Å². The van der Waals surface area contributed by atoms with Crippen molar-refractivity contribution in [3.05, 3.63) is 16.7 Å². The van der Waals surface area contributed by atoms with Crippen LogP contribution in [-0.2, 0) is 6.42 Å². The number of hydrogen-bond acceptors (Lipinski definition) is 5. The summed E-state index contributed by atoms with van der Waals surface area (Å²) in [6, 6.07) is 0. The monoisotopic (exact) mass is 330 g/mol. The molecule has 5 nitrogen and oxygen atoms in total. The zero-order chi connectivity index (χ0) is 17.3. The summed E-state index contributed by atoms with van der Waals surface area (Å²) in [6.45, 7) is 4.55. The molecule has 3 atom stereocenters. The van der Waals surface area contributed by atoms with Crippen molar-refractivity contribution < 1.29 is 24.5 Å². The quantitative estimate of drug-likeness (QED) is 0.813. The summed E-state index contributed by atoms with van der Waals surface area (Å²) in [5.41, 5.74) is 0.0716. The number of aldehydes is 2. The molecule has 0 saturated heterocycles. The first-order valence-corrected chi connectivity index (χ1v) is 8.56. The van der Waals surface area contributed by atoms with Gasteiger partial charge in [-0.1, -0.05) is 13.8 Å². The summed E-state index contributed by atoms with van der Waals surface area (Å²) < 4.78 is 6.36. The third-order valence-corrected chi connectivity index (χ3v) is 6.93. The van der Waals surface area contributed by atoms with Crippen molar-refractivity contribution >= 4 is 12.6 Å². The van der Waals surface area contributed by atoms with E-state index in [0.717, 1.165) is 31.6 Å². The van der Waals surface area contributed by atoms with Crippen LogP contribution in [0.25, 0.3) is 0 Å². The van der Waals surface area contributed by atoms with E-state index in [0.29, 0.717) is 30.5 Å². The summed E-state index contributed by atoms with van der Waals surface area (Å²) in [5, 5.41) is 20.5. The normalized spacial score (nSPS) is 32.4. The minimum atomic E-state index is -0.491. The van der Waals surface area contributed by atoms with E-state index in [-0.39, 0.29) is 33.6 Å². The highest BCUT2D eigenvalue weighted by Gasteiger charge is 2.63. The largest absolute Gasteiger partial charge is 0.507 e. The first-order valence-electron chi connectivity index (χ1n) is 8.56. The third kappa shape index (κ3) is 1.70. The van der Waals surface area contributed by atoms with Gasteiger partial charge >= 0.3 is 0 Å². The molecule has 1 aromatic rings. The predicted molar refractivity (Wildman–Crippen MR) is 86.8 cm³/mol. The lowest BCUT2D eigenvalue weighted by molar-refractivity contribution is -0.195. The third-order valence-electron chi connectivity index (χ3n) is 6.93. The molecule has 1 spiro atoms. The zero-order valence-electron chi connectivity index (χ0n) is 14.0. The van der Waals surface area contributed by atoms with Crippen LogP contribution in [0.5, 0.6) is 17.2 Å². The number of hydrogen-bond donors (Lipinski definition) is 2. The molecule has 0 amide bonds. The molecule has 0 radical (unpaired) electrons. The molecule has 0 aromatic heterocycles. The SMILES string of the molecule is CC1(C)[C@H]2CC[C@@]3(CCc4c(O)c(C=O)c(O)c(C=O)c4O3)[C@@H]1C2. The number of phenolic OH excluding ortho intramolecular Hbond substituents is 2. The van der Waals surface area contributed by atoms with E-state index < -0.39 is 5.75 Å². The molecule has 128 valence electrons. The van der Waals surface area contributed by atoms with Gasteiger partial charge in [-0.3, -0.25) is 9.59 Å². The Hall–Kier alpha value is -2.04. The maximum absolute atomic E-state index is 11.5. The van der Waals surface area contributed by atoms with E-state index >= 15 is 0 Å². The van der Waals surface area contributed by atoms with Gasteiger partial charge < -0.3 is 14.9 Å². The molecule has 3 aliphatic carbocycles. The van der Waals surface area contributed by atoms with Gasteiger partial charge in [-0.2, -0.15) is 0 Å². The number of aromatic hydroxyl groups is 2. The molecule has 2 N–H and O–H groups in total. The lowest BCUT2D eigenvalue weighted by Gasteiger charge is -2.65.